The first-order valence-electron chi connectivity index (χ1n) is 8.04. The molecule has 6 nitrogen and oxygen atoms in total. The number of nitrogens with zero attached hydrogens (tertiary/aromatic N) is 5. The van der Waals surface area contributed by atoms with E-state index in [0.29, 0.717) is 0 Å². The Morgan fingerprint density at radius 2 is 2.09 bits per heavy atom. The third kappa shape index (κ3) is 2.49. The lowest BCUT2D eigenvalue weighted by atomic mass is 10.1. The summed E-state index contributed by atoms with van der Waals surface area (Å²) in [5, 5.41) is 15.6. The second-order valence-corrected chi connectivity index (χ2v) is 7.03. The van der Waals surface area contributed by atoms with Crippen LogP contribution in [0.5, 0.6) is 0 Å². The van der Waals surface area contributed by atoms with E-state index in [1.165, 1.54) is 18.4 Å². The standard InChI is InChI=1S/C16H20N6S/c1-9-8-23-16-13(9)14(18-11(3)19-16)17-10(2)15-21-20-12-6-4-5-7-22(12)15/h8,10H,4-7H2,1-3H3,(H,17,18,19). The molecule has 0 spiro atoms. The van der Waals surface area contributed by atoms with Gasteiger partial charge in [0.05, 0.1) is 11.4 Å². The summed E-state index contributed by atoms with van der Waals surface area (Å²) in [5.74, 6) is 3.79. The summed E-state index contributed by atoms with van der Waals surface area (Å²) in [6.45, 7) is 7.17. The van der Waals surface area contributed by atoms with Crippen LogP contribution in [0.1, 0.15) is 48.8 Å². The Labute approximate surface area is 139 Å². The predicted molar refractivity (Wildman–Crippen MR) is 91.9 cm³/mol. The number of anilines is 1. The fraction of sp³-hybridized carbons (Fsp3) is 0.500. The van der Waals surface area contributed by atoms with Crippen LogP contribution in [-0.4, -0.2) is 24.7 Å². The van der Waals surface area contributed by atoms with Crippen molar-refractivity contribution in [3.05, 3.63) is 28.4 Å². The van der Waals surface area contributed by atoms with Crippen molar-refractivity contribution in [1.29, 1.82) is 0 Å². The average molecular weight is 328 g/mol. The Morgan fingerprint density at radius 3 is 2.96 bits per heavy atom. The van der Waals surface area contributed by atoms with E-state index in [9.17, 15) is 0 Å². The van der Waals surface area contributed by atoms with Gasteiger partial charge in [-0.15, -0.1) is 21.5 Å². The number of fused-ring (bicyclic) bond motifs is 2. The van der Waals surface area contributed by atoms with Gasteiger partial charge in [0.15, 0.2) is 5.82 Å². The lowest BCUT2D eigenvalue weighted by molar-refractivity contribution is 0.500. The van der Waals surface area contributed by atoms with Crippen molar-refractivity contribution in [3.63, 3.8) is 0 Å². The number of hydrogen-bond acceptors (Lipinski definition) is 6. The first-order chi connectivity index (χ1) is 11.1. The van der Waals surface area contributed by atoms with E-state index in [-0.39, 0.29) is 6.04 Å². The third-order valence-corrected chi connectivity index (χ3v) is 5.35. The molecule has 1 aliphatic heterocycles. The Bertz CT molecular complexity index is 865. The zero-order valence-corrected chi connectivity index (χ0v) is 14.4. The Hall–Kier alpha value is -2.02. The summed E-state index contributed by atoms with van der Waals surface area (Å²) in [6, 6.07) is 0.0612. The maximum absolute atomic E-state index is 4.62. The van der Waals surface area contributed by atoms with E-state index in [1.54, 1.807) is 11.3 Å². The van der Waals surface area contributed by atoms with E-state index >= 15 is 0 Å². The van der Waals surface area contributed by atoms with E-state index < -0.39 is 0 Å². The molecule has 0 aliphatic carbocycles. The third-order valence-electron chi connectivity index (χ3n) is 4.36. The summed E-state index contributed by atoms with van der Waals surface area (Å²) < 4.78 is 2.26. The maximum Gasteiger partial charge on any atom is 0.155 e. The van der Waals surface area contributed by atoms with Crippen LogP contribution in [0.15, 0.2) is 5.38 Å². The number of aryl methyl sites for hydroxylation is 3. The SMILES string of the molecule is Cc1nc(NC(C)c2nnc3n2CCCC3)c2c(C)csc2n1. The molecule has 0 fully saturated rings. The van der Waals surface area contributed by atoms with Crippen molar-refractivity contribution in [1.82, 2.24) is 24.7 Å². The molecule has 0 saturated carbocycles. The molecule has 0 aromatic carbocycles. The molecule has 1 aliphatic rings. The minimum atomic E-state index is 0.0612. The monoisotopic (exact) mass is 328 g/mol. The minimum absolute atomic E-state index is 0.0612. The first-order valence-corrected chi connectivity index (χ1v) is 8.92. The molecular formula is C16H20N6S. The fourth-order valence-corrected chi connectivity index (χ4v) is 4.18. The Morgan fingerprint density at radius 1 is 1.22 bits per heavy atom. The van der Waals surface area contributed by atoms with E-state index in [2.05, 4.69) is 49.3 Å². The van der Waals surface area contributed by atoms with E-state index in [1.807, 2.05) is 6.92 Å². The average Bonchev–Trinajstić information content (AvgIpc) is 3.11. The van der Waals surface area contributed by atoms with Gasteiger partial charge in [-0.25, -0.2) is 9.97 Å². The largest absolute Gasteiger partial charge is 0.360 e. The summed E-state index contributed by atoms with van der Waals surface area (Å²) in [5.41, 5.74) is 1.21. The molecule has 3 aromatic rings. The fourth-order valence-electron chi connectivity index (χ4n) is 3.22. The Balaban J connectivity index is 1.70. The zero-order valence-electron chi connectivity index (χ0n) is 13.6. The van der Waals surface area contributed by atoms with Gasteiger partial charge in [0.1, 0.15) is 22.3 Å². The molecule has 0 amide bonds. The van der Waals surface area contributed by atoms with Gasteiger partial charge in [-0.2, -0.15) is 0 Å². The minimum Gasteiger partial charge on any atom is -0.360 e. The molecule has 23 heavy (non-hydrogen) atoms. The quantitative estimate of drug-likeness (QED) is 0.798. The van der Waals surface area contributed by atoms with Gasteiger partial charge >= 0.3 is 0 Å². The summed E-state index contributed by atoms with van der Waals surface area (Å²) in [4.78, 5) is 10.2. The number of nitrogens with one attached hydrogen (secondary N) is 1. The molecule has 4 rings (SSSR count). The van der Waals surface area contributed by atoms with Gasteiger partial charge in [0, 0.05) is 13.0 Å². The number of hydrogen-bond donors (Lipinski definition) is 1. The van der Waals surface area contributed by atoms with Crippen molar-refractivity contribution in [3.8, 4) is 0 Å². The number of aromatic nitrogens is 5. The van der Waals surface area contributed by atoms with Crippen LogP contribution in [0.25, 0.3) is 10.2 Å². The molecule has 1 unspecified atom stereocenters. The molecule has 7 heteroatoms. The highest BCUT2D eigenvalue weighted by molar-refractivity contribution is 7.17. The van der Waals surface area contributed by atoms with Crippen molar-refractivity contribution < 1.29 is 0 Å². The lowest BCUT2D eigenvalue weighted by Crippen LogP contribution is -2.18. The Kier molecular flexibility index (Phi) is 3.52. The summed E-state index contributed by atoms with van der Waals surface area (Å²) in [6.07, 6.45) is 3.44. The molecule has 1 N–H and O–H groups in total. The van der Waals surface area contributed by atoms with Crippen LogP contribution >= 0.6 is 11.3 Å². The van der Waals surface area contributed by atoms with E-state index in [4.69, 9.17) is 0 Å². The smallest absolute Gasteiger partial charge is 0.155 e. The first kappa shape index (κ1) is 14.6. The molecule has 0 radical (unpaired) electrons. The van der Waals surface area contributed by atoms with Gasteiger partial charge < -0.3 is 9.88 Å². The molecule has 0 bridgehead atoms. The molecule has 1 atom stereocenters. The van der Waals surface area contributed by atoms with Gasteiger partial charge in [-0.3, -0.25) is 0 Å². The van der Waals surface area contributed by atoms with Crippen LogP contribution in [0.4, 0.5) is 5.82 Å². The lowest BCUT2D eigenvalue weighted by Gasteiger charge is -2.19. The van der Waals surface area contributed by atoms with Gasteiger partial charge in [0.2, 0.25) is 0 Å². The van der Waals surface area contributed by atoms with Crippen LogP contribution in [-0.2, 0) is 13.0 Å². The second kappa shape index (κ2) is 5.56. The molecule has 3 aromatic heterocycles. The highest BCUT2D eigenvalue weighted by Gasteiger charge is 2.21. The van der Waals surface area contributed by atoms with Crippen molar-refractivity contribution >= 4 is 27.4 Å². The topological polar surface area (TPSA) is 68.5 Å². The predicted octanol–water partition coefficient (Wildman–Crippen LogP) is 3.41. The van der Waals surface area contributed by atoms with Crippen LogP contribution in [0, 0.1) is 13.8 Å². The van der Waals surface area contributed by atoms with Crippen molar-refractivity contribution in [2.75, 3.05) is 5.32 Å². The summed E-state index contributed by atoms with van der Waals surface area (Å²) in [7, 11) is 0. The normalized spacial score (nSPS) is 15.6. The number of thiophene rings is 1. The van der Waals surface area contributed by atoms with Gasteiger partial charge in [-0.05, 0) is 44.6 Å². The highest BCUT2D eigenvalue weighted by Crippen LogP contribution is 2.31. The van der Waals surface area contributed by atoms with Crippen molar-refractivity contribution in [2.24, 2.45) is 0 Å². The summed E-state index contributed by atoms with van der Waals surface area (Å²) >= 11 is 1.67. The van der Waals surface area contributed by atoms with E-state index in [0.717, 1.165) is 46.5 Å². The van der Waals surface area contributed by atoms with Crippen LogP contribution in [0.3, 0.4) is 0 Å². The van der Waals surface area contributed by atoms with Gasteiger partial charge in [-0.1, -0.05) is 0 Å². The van der Waals surface area contributed by atoms with Gasteiger partial charge in [0.25, 0.3) is 0 Å². The van der Waals surface area contributed by atoms with Crippen LogP contribution in [0.2, 0.25) is 0 Å². The molecule has 4 heterocycles. The second-order valence-electron chi connectivity index (χ2n) is 6.17. The van der Waals surface area contributed by atoms with Crippen molar-refractivity contribution in [2.45, 2.75) is 52.6 Å². The number of rotatable bonds is 3. The highest BCUT2D eigenvalue weighted by atomic mass is 32.1. The molecule has 120 valence electrons. The zero-order chi connectivity index (χ0) is 16.0. The van der Waals surface area contributed by atoms with Crippen LogP contribution < -0.4 is 5.32 Å². The molecular weight excluding hydrogens is 308 g/mol. The maximum atomic E-state index is 4.62. The molecule has 0 saturated heterocycles.